The number of carbonyl (C=O) groups is 1. The predicted molar refractivity (Wildman–Crippen MR) is 66.2 cm³/mol. The van der Waals surface area contributed by atoms with Crippen molar-refractivity contribution in [3.63, 3.8) is 0 Å². The second-order valence-electron chi connectivity index (χ2n) is 3.92. The number of rotatable bonds is 3. The molecule has 0 aromatic rings. The molecule has 0 fully saturated rings. The molecule has 0 atom stereocenters. The van der Waals surface area contributed by atoms with Gasteiger partial charge in [-0.15, -0.1) is 0 Å². The van der Waals surface area contributed by atoms with Crippen LogP contribution >= 0.6 is 0 Å². The number of hydrogen-bond donors (Lipinski definition) is 3. The zero-order valence-corrected chi connectivity index (χ0v) is 10.3. The normalized spacial score (nSPS) is 13.9. The molecule has 6 nitrogen and oxygen atoms in total. The van der Waals surface area contributed by atoms with Gasteiger partial charge in [-0.25, -0.2) is 4.79 Å². The minimum Gasteiger partial charge on any atom is -0.364 e. The van der Waals surface area contributed by atoms with Gasteiger partial charge in [-0.1, -0.05) is 6.08 Å². The first-order valence-corrected chi connectivity index (χ1v) is 5.38. The molecule has 0 aromatic heterocycles. The molecule has 1 aliphatic heterocycles. The lowest BCUT2D eigenvalue weighted by Gasteiger charge is -2.23. The minimum atomic E-state index is -0.0261. The van der Waals surface area contributed by atoms with Crippen molar-refractivity contribution < 1.29 is 9.59 Å². The topological polar surface area (TPSA) is 101 Å². The van der Waals surface area contributed by atoms with E-state index in [2.05, 4.69) is 17.0 Å². The van der Waals surface area contributed by atoms with Crippen LogP contribution in [0.15, 0.2) is 17.8 Å². The van der Waals surface area contributed by atoms with Gasteiger partial charge in [0.1, 0.15) is 5.94 Å². The summed E-state index contributed by atoms with van der Waals surface area (Å²) in [6.45, 7) is 4.63. The molecule has 0 bridgehead atoms. The zero-order chi connectivity index (χ0) is 13.3. The Bertz CT molecular complexity index is 319. The third-order valence-corrected chi connectivity index (χ3v) is 2.02. The van der Waals surface area contributed by atoms with Crippen LogP contribution in [0.3, 0.4) is 0 Å². The van der Waals surface area contributed by atoms with Gasteiger partial charge >= 0.3 is 0 Å². The molecule has 0 aromatic carbocycles. The number of carbonyl (C=O) groups excluding carboxylic acids is 2. The fourth-order valence-electron chi connectivity index (χ4n) is 1.44. The van der Waals surface area contributed by atoms with Crippen molar-refractivity contribution in [1.29, 1.82) is 0 Å². The number of nitrogens with one attached hydrogen (secondary N) is 1. The lowest BCUT2D eigenvalue weighted by molar-refractivity contribution is -0.122. The third kappa shape index (κ3) is 6.52. The summed E-state index contributed by atoms with van der Waals surface area (Å²) in [5.41, 5.74) is 0.690. The summed E-state index contributed by atoms with van der Waals surface area (Å²) in [5, 5.41) is 2.80. The van der Waals surface area contributed by atoms with Crippen molar-refractivity contribution in [2.24, 2.45) is 11.7 Å². The number of nitrogens with zero attached hydrogens (tertiary/aromatic N) is 1. The number of allylic oxidation sites excluding steroid dienone is 1. The van der Waals surface area contributed by atoms with Crippen molar-refractivity contribution in [2.45, 2.75) is 26.3 Å². The van der Waals surface area contributed by atoms with Gasteiger partial charge in [0.2, 0.25) is 5.91 Å². The smallest absolute Gasteiger partial charge is 0.239 e. The Morgan fingerprint density at radius 1 is 1.59 bits per heavy atom. The fourth-order valence-corrected chi connectivity index (χ4v) is 1.44. The number of hydrazine groups is 1. The van der Waals surface area contributed by atoms with E-state index in [0.29, 0.717) is 25.1 Å². The Kier molecular flexibility index (Phi) is 7.71. The molecule has 0 radical (unpaired) electrons. The van der Waals surface area contributed by atoms with Crippen LogP contribution in [0, 0.1) is 0 Å². The highest BCUT2D eigenvalue weighted by molar-refractivity contribution is 5.78. The highest BCUT2D eigenvalue weighted by atomic mass is 16.2. The Hall–Kier alpha value is -1.62. The summed E-state index contributed by atoms with van der Waals surface area (Å²) in [6, 6.07) is 0.146. The van der Waals surface area contributed by atoms with Crippen molar-refractivity contribution in [3.8, 4) is 0 Å². The standard InChI is InChI=1S/C11H16N2O2.H4N2/c1-9(2)12-11(15)7-13-5-3-4-10(6-13)8-14;1-2/h3,5,9H,4,6-7H2,1-2H3,(H,12,15);1-2H2. The van der Waals surface area contributed by atoms with Crippen molar-refractivity contribution in [2.75, 3.05) is 13.1 Å². The molecule has 0 aliphatic carbocycles. The first kappa shape index (κ1) is 15.4. The van der Waals surface area contributed by atoms with Crippen LogP contribution in [0.25, 0.3) is 0 Å². The second kappa shape index (κ2) is 8.52. The van der Waals surface area contributed by atoms with Gasteiger partial charge < -0.3 is 10.2 Å². The van der Waals surface area contributed by atoms with E-state index in [1.807, 2.05) is 32.1 Å². The van der Waals surface area contributed by atoms with Crippen molar-refractivity contribution in [1.82, 2.24) is 10.2 Å². The summed E-state index contributed by atoms with van der Waals surface area (Å²) in [4.78, 5) is 23.7. The Balaban J connectivity index is 0.00000121. The zero-order valence-electron chi connectivity index (χ0n) is 10.3. The van der Waals surface area contributed by atoms with E-state index in [0.717, 1.165) is 0 Å². The lowest BCUT2D eigenvalue weighted by atomic mass is 10.1. The van der Waals surface area contributed by atoms with Crippen LogP contribution in [0.1, 0.15) is 20.3 Å². The van der Waals surface area contributed by atoms with Crippen LogP contribution in [-0.2, 0) is 9.59 Å². The monoisotopic (exact) mass is 240 g/mol. The van der Waals surface area contributed by atoms with Gasteiger partial charge in [-0.05, 0) is 20.0 Å². The Morgan fingerprint density at radius 2 is 2.24 bits per heavy atom. The minimum absolute atomic E-state index is 0.0261. The predicted octanol–water partition coefficient (Wildman–Crippen LogP) is -0.693. The van der Waals surface area contributed by atoms with Crippen LogP contribution in [0.5, 0.6) is 0 Å². The quantitative estimate of drug-likeness (QED) is 0.344. The van der Waals surface area contributed by atoms with Crippen LogP contribution in [0.4, 0.5) is 0 Å². The molecule has 0 spiro atoms. The highest BCUT2D eigenvalue weighted by Crippen LogP contribution is 2.09. The van der Waals surface area contributed by atoms with Crippen LogP contribution in [0.2, 0.25) is 0 Å². The molecule has 6 heteroatoms. The average molecular weight is 240 g/mol. The summed E-state index contributed by atoms with van der Waals surface area (Å²) in [5.74, 6) is 9.86. The third-order valence-electron chi connectivity index (χ3n) is 2.02. The molecule has 0 unspecified atom stereocenters. The molecular formula is C11H20N4O2. The van der Waals surface area contributed by atoms with E-state index >= 15 is 0 Å². The first-order valence-electron chi connectivity index (χ1n) is 5.38. The number of amides is 1. The van der Waals surface area contributed by atoms with E-state index in [-0.39, 0.29) is 11.9 Å². The average Bonchev–Trinajstić information content (AvgIpc) is 2.30. The van der Waals surface area contributed by atoms with Crippen molar-refractivity contribution >= 4 is 11.8 Å². The van der Waals surface area contributed by atoms with Gasteiger partial charge in [-0.3, -0.25) is 16.5 Å². The van der Waals surface area contributed by atoms with Crippen LogP contribution in [-0.4, -0.2) is 35.9 Å². The van der Waals surface area contributed by atoms with Gasteiger partial charge in [-0.2, -0.15) is 0 Å². The second-order valence-corrected chi connectivity index (χ2v) is 3.92. The SMILES string of the molecule is CC(C)NC(=O)CN1C=CCC(=C=O)C1.NN. The van der Waals surface area contributed by atoms with E-state index in [4.69, 9.17) is 0 Å². The summed E-state index contributed by atoms with van der Waals surface area (Å²) >= 11 is 0. The van der Waals surface area contributed by atoms with E-state index in [1.54, 1.807) is 4.90 Å². The molecule has 1 rings (SSSR count). The lowest BCUT2D eigenvalue weighted by Crippen LogP contribution is -2.39. The van der Waals surface area contributed by atoms with Crippen LogP contribution < -0.4 is 17.0 Å². The summed E-state index contributed by atoms with van der Waals surface area (Å²) in [7, 11) is 0. The molecule has 0 saturated carbocycles. The number of nitrogens with two attached hydrogens (primary N) is 2. The van der Waals surface area contributed by atoms with Gasteiger partial charge in [0.15, 0.2) is 0 Å². The molecule has 17 heavy (non-hydrogen) atoms. The fraction of sp³-hybridized carbons (Fsp3) is 0.545. The maximum atomic E-state index is 11.4. The molecule has 1 heterocycles. The number of hydrogen-bond acceptors (Lipinski definition) is 5. The van der Waals surface area contributed by atoms with Gasteiger partial charge in [0, 0.05) is 24.6 Å². The van der Waals surface area contributed by atoms with Gasteiger partial charge in [0.05, 0.1) is 6.54 Å². The largest absolute Gasteiger partial charge is 0.364 e. The summed E-state index contributed by atoms with van der Waals surface area (Å²) < 4.78 is 0. The molecular weight excluding hydrogens is 220 g/mol. The van der Waals surface area contributed by atoms with Crippen molar-refractivity contribution in [3.05, 3.63) is 17.8 Å². The molecule has 0 saturated heterocycles. The first-order chi connectivity index (χ1) is 8.11. The Morgan fingerprint density at radius 3 is 2.76 bits per heavy atom. The maximum absolute atomic E-state index is 11.4. The van der Waals surface area contributed by atoms with E-state index in [9.17, 15) is 9.59 Å². The van der Waals surface area contributed by atoms with Gasteiger partial charge in [0.25, 0.3) is 0 Å². The Labute approximate surface area is 101 Å². The molecule has 1 aliphatic rings. The molecule has 5 N–H and O–H groups in total. The van der Waals surface area contributed by atoms with E-state index < -0.39 is 0 Å². The van der Waals surface area contributed by atoms with E-state index in [1.165, 1.54) is 0 Å². The molecule has 96 valence electrons. The summed E-state index contributed by atoms with van der Waals surface area (Å²) in [6.07, 6.45) is 4.36. The maximum Gasteiger partial charge on any atom is 0.239 e. The molecule has 1 amide bonds. The highest BCUT2D eigenvalue weighted by Gasteiger charge is 2.12.